The van der Waals surface area contributed by atoms with E-state index in [1.54, 1.807) is 54.2 Å². The third-order valence-corrected chi connectivity index (χ3v) is 7.73. The molecular formula is C27H31IN2O5. The average Bonchev–Trinajstić information content (AvgIpc) is 3.43. The van der Waals surface area contributed by atoms with Gasteiger partial charge in [-0.25, -0.2) is 0 Å². The molecule has 2 aliphatic heterocycles. The first kappa shape index (κ1) is 25.7. The number of carbonyl (C=O) groups excluding carboxylic acids is 2. The summed E-state index contributed by atoms with van der Waals surface area (Å²) in [6.07, 6.45) is 5.30. The summed E-state index contributed by atoms with van der Waals surface area (Å²) < 4.78 is 6.48. The fourth-order valence-corrected chi connectivity index (χ4v) is 5.33. The number of nitrogens with zero attached hydrogens (tertiary/aromatic N) is 2. The number of halogens is 1. The zero-order valence-corrected chi connectivity index (χ0v) is 22.1. The summed E-state index contributed by atoms with van der Waals surface area (Å²) in [7, 11) is 1.55. The molecule has 0 saturated carbocycles. The maximum Gasteiger partial charge on any atom is 0.264 e. The van der Waals surface area contributed by atoms with Gasteiger partial charge in [-0.2, -0.15) is 0 Å². The van der Waals surface area contributed by atoms with E-state index < -0.39 is 17.4 Å². The van der Waals surface area contributed by atoms with Gasteiger partial charge in [-0.05, 0) is 71.3 Å². The van der Waals surface area contributed by atoms with Crippen LogP contribution in [0.25, 0.3) is 0 Å². The predicted molar refractivity (Wildman–Crippen MR) is 142 cm³/mol. The van der Waals surface area contributed by atoms with E-state index in [0.29, 0.717) is 30.1 Å². The van der Waals surface area contributed by atoms with E-state index in [9.17, 15) is 19.8 Å². The van der Waals surface area contributed by atoms with Crippen LogP contribution in [0.5, 0.6) is 5.75 Å². The van der Waals surface area contributed by atoms with Gasteiger partial charge in [-0.15, -0.1) is 0 Å². The minimum atomic E-state index is -1.78. The molecule has 2 N–H and O–H groups in total. The van der Waals surface area contributed by atoms with Crippen molar-refractivity contribution < 1.29 is 24.5 Å². The Balaban J connectivity index is 1.58. The Morgan fingerprint density at radius 2 is 2.03 bits per heavy atom. The van der Waals surface area contributed by atoms with Crippen molar-refractivity contribution in [2.45, 2.75) is 44.4 Å². The Morgan fingerprint density at radius 3 is 2.71 bits per heavy atom. The summed E-state index contributed by atoms with van der Waals surface area (Å²) in [5, 5.41) is 21.3. The number of aliphatic hydroxyl groups excluding tert-OH is 1. The molecule has 2 heterocycles. The van der Waals surface area contributed by atoms with Crippen LogP contribution in [0.15, 0.2) is 54.6 Å². The molecule has 0 unspecified atom stereocenters. The van der Waals surface area contributed by atoms with Crippen LogP contribution >= 0.6 is 22.6 Å². The van der Waals surface area contributed by atoms with Gasteiger partial charge in [0.15, 0.2) is 5.60 Å². The Kier molecular flexibility index (Phi) is 7.83. The number of methoxy groups -OCH3 is 1. The molecule has 0 radical (unpaired) electrons. The number of hydrogen-bond acceptors (Lipinski definition) is 5. The molecule has 2 amide bonds. The molecule has 0 aliphatic carbocycles. The van der Waals surface area contributed by atoms with E-state index in [1.807, 2.05) is 24.3 Å². The number of likely N-dealkylation sites (tertiary alicyclic amines) is 1. The molecule has 3 atom stereocenters. The van der Waals surface area contributed by atoms with Crippen LogP contribution < -0.4 is 9.64 Å². The highest BCUT2D eigenvalue weighted by molar-refractivity contribution is 14.1. The summed E-state index contributed by atoms with van der Waals surface area (Å²) in [6.45, 7) is 2.73. The second-order valence-electron chi connectivity index (χ2n) is 9.15. The van der Waals surface area contributed by atoms with E-state index in [2.05, 4.69) is 22.6 Å². The Morgan fingerprint density at radius 1 is 1.29 bits per heavy atom. The molecule has 8 heteroatoms. The average molecular weight is 590 g/mol. The molecule has 4 rings (SSSR count). The van der Waals surface area contributed by atoms with Crippen molar-refractivity contribution in [3.8, 4) is 5.75 Å². The van der Waals surface area contributed by atoms with Crippen molar-refractivity contribution in [3.05, 3.63) is 69.3 Å². The fraction of sp³-hybridized carbons (Fsp3) is 0.407. The number of ether oxygens (including phenoxy) is 1. The smallest absolute Gasteiger partial charge is 0.264 e. The number of amides is 2. The Hall–Kier alpha value is -2.43. The maximum absolute atomic E-state index is 13.7. The maximum atomic E-state index is 13.7. The molecule has 0 bridgehead atoms. The number of aliphatic hydroxyl groups is 2. The van der Waals surface area contributed by atoms with E-state index in [1.165, 1.54) is 0 Å². The lowest BCUT2D eigenvalue weighted by Crippen LogP contribution is -2.44. The Bertz CT molecular complexity index is 1120. The number of anilines is 1. The third-order valence-electron chi connectivity index (χ3n) is 7.01. The molecule has 186 valence electrons. The minimum Gasteiger partial charge on any atom is -0.497 e. The van der Waals surface area contributed by atoms with Crippen molar-refractivity contribution in [3.63, 3.8) is 0 Å². The first-order chi connectivity index (χ1) is 16.8. The van der Waals surface area contributed by atoms with Gasteiger partial charge in [-0.3, -0.25) is 9.59 Å². The molecule has 2 aliphatic rings. The number of benzene rings is 2. The van der Waals surface area contributed by atoms with Crippen molar-refractivity contribution in [1.82, 2.24) is 4.90 Å². The van der Waals surface area contributed by atoms with Gasteiger partial charge < -0.3 is 24.7 Å². The standard InChI is InChI=1S/C27H31IN2O5/c1-18(5-3-7-25(32)29-14-4-6-21(29)17-31)27(34)23-15-22(35-2)12-13-24(23)30(26(27)33)16-19-8-10-20(28)11-9-19/h3,5,8-13,15,18,21,31,34H,4,6-7,14,16-17H2,1-2H3/b5-3+/t18-,21-,27+/m0/s1. The predicted octanol–water partition coefficient (Wildman–Crippen LogP) is 3.60. The van der Waals surface area contributed by atoms with Crippen molar-refractivity contribution in [2.24, 2.45) is 5.92 Å². The largest absolute Gasteiger partial charge is 0.497 e. The molecule has 7 nitrogen and oxygen atoms in total. The summed E-state index contributed by atoms with van der Waals surface area (Å²) in [5.74, 6) is -0.482. The van der Waals surface area contributed by atoms with Crippen LogP contribution in [0.3, 0.4) is 0 Å². The zero-order chi connectivity index (χ0) is 25.2. The summed E-state index contributed by atoms with van der Waals surface area (Å²) in [6, 6.07) is 13.1. The summed E-state index contributed by atoms with van der Waals surface area (Å²) in [4.78, 5) is 29.6. The van der Waals surface area contributed by atoms with E-state index in [0.717, 1.165) is 22.0 Å². The SMILES string of the molecule is COc1ccc2c(c1)[C@](O)([C@@H](C)/C=C/CC(=O)N1CCC[C@H]1CO)C(=O)N2Cc1ccc(I)cc1. The monoisotopic (exact) mass is 590 g/mol. The normalized spacial score (nSPS) is 22.7. The quantitative estimate of drug-likeness (QED) is 0.363. The second-order valence-corrected chi connectivity index (χ2v) is 10.4. The van der Waals surface area contributed by atoms with Crippen molar-refractivity contribution >= 4 is 40.1 Å². The highest BCUT2D eigenvalue weighted by atomic mass is 127. The molecule has 0 spiro atoms. The third kappa shape index (κ3) is 4.96. The van der Waals surface area contributed by atoms with Gasteiger partial charge in [0, 0.05) is 28.0 Å². The number of hydrogen-bond donors (Lipinski definition) is 2. The molecule has 2 aromatic rings. The zero-order valence-electron chi connectivity index (χ0n) is 20.0. The number of rotatable bonds is 8. The fourth-order valence-electron chi connectivity index (χ4n) is 4.97. The van der Waals surface area contributed by atoms with Crippen molar-refractivity contribution in [2.75, 3.05) is 25.2 Å². The minimum absolute atomic E-state index is 0.0326. The molecule has 1 fully saturated rings. The van der Waals surface area contributed by atoms with Crippen LogP contribution in [0, 0.1) is 9.49 Å². The number of fused-ring (bicyclic) bond motifs is 1. The molecule has 35 heavy (non-hydrogen) atoms. The van der Waals surface area contributed by atoms with Gasteiger partial charge in [0.2, 0.25) is 5.91 Å². The highest BCUT2D eigenvalue weighted by Crippen LogP contribution is 2.47. The molecule has 0 aromatic heterocycles. The summed E-state index contributed by atoms with van der Waals surface area (Å²) in [5.41, 5.74) is 0.322. The first-order valence-electron chi connectivity index (χ1n) is 11.8. The van der Waals surface area contributed by atoms with Gasteiger partial charge in [0.25, 0.3) is 5.91 Å². The molecule has 1 saturated heterocycles. The van der Waals surface area contributed by atoms with Crippen LogP contribution in [0.4, 0.5) is 5.69 Å². The molecule has 2 aromatic carbocycles. The van der Waals surface area contributed by atoms with Gasteiger partial charge in [-0.1, -0.05) is 31.2 Å². The van der Waals surface area contributed by atoms with Crippen LogP contribution in [-0.4, -0.2) is 53.2 Å². The van der Waals surface area contributed by atoms with Gasteiger partial charge in [0.05, 0.1) is 32.0 Å². The number of carbonyl (C=O) groups is 2. The highest BCUT2D eigenvalue weighted by Gasteiger charge is 2.52. The van der Waals surface area contributed by atoms with Gasteiger partial charge in [0.1, 0.15) is 5.75 Å². The first-order valence-corrected chi connectivity index (χ1v) is 12.9. The second kappa shape index (κ2) is 10.7. The lowest BCUT2D eigenvalue weighted by atomic mass is 9.83. The topological polar surface area (TPSA) is 90.3 Å². The Labute approximate surface area is 219 Å². The van der Waals surface area contributed by atoms with Crippen LogP contribution in [0.2, 0.25) is 0 Å². The lowest BCUT2D eigenvalue weighted by Gasteiger charge is -2.28. The van der Waals surface area contributed by atoms with Crippen LogP contribution in [-0.2, 0) is 21.7 Å². The van der Waals surface area contributed by atoms with Gasteiger partial charge >= 0.3 is 0 Å². The van der Waals surface area contributed by atoms with Crippen molar-refractivity contribution in [1.29, 1.82) is 0 Å². The van der Waals surface area contributed by atoms with E-state index in [4.69, 9.17) is 4.74 Å². The van der Waals surface area contributed by atoms with Crippen LogP contribution in [0.1, 0.15) is 37.3 Å². The lowest BCUT2D eigenvalue weighted by molar-refractivity contribution is -0.139. The van der Waals surface area contributed by atoms with E-state index in [-0.39, 0.29) is 25.0 Å². The molecular weight excluding hydrogens is 559 g/mol. The van der Waals surface area contributed by atoms with E-state index >= 15 is 0 Å². The summed E-state index contributed by atoms with van der Waals surface area (Å²) >= 11 is 2.24.